The highest BCUT2D eigenvalue weighted by Gasteiger charge is 2.51. The molecular formula is C60H80O9Si. The Morgan fingerprint density at radius 1 is 0.529 bits per heavy atom. The molecule has 6 rings (SSSR count). The van der Waals surface area contributed by atoms with Gasteiger partial charge in [-0.15, -0.1) is 0 Å². The van der Waals surface area contributed by atoms with Gasteiger partial charge in [0.1, 0.15) is 24.4 Å². The van der Waals surface area contributed by atoms with Crippen molar-refractivity contribution in [2.75, 3.05) is 13.2 Å². The van der Waals surface area contributed by atoms with Gasteiger partial charge >= 0.3 is 5.97 Å². The molecule has 9 nitrogen and oxygen atoms in total. The maximum atomic E-state index is 12.7. The second kappa shape index (κ2) is 29.8. The fourth-order valence-corrected chi connectivity index (χ4v) is 14.4. The van der Waals surface area contributed by atoms with Crippen LogP contribution in [0.1, 0.15) is 127 Å². The number of aliphatic carboxylic acids is 1. The molecule has 1 aliphatic rings. The van der Waals surface area contributed by atoms with E-state index in [0.717, 1.165) is 49.0 Å². The molecule has 5 aromatic carbocycles. The van der Waals surface area contributed by atoms with Crippen molar-refractivity contribution < 1.29 is 43.1 Å². The van der Waals surface area contributed by atoms with Gasteiger partial charge in [0, 0.05) is 6.61 Å². The van der Waals surface area contributed by atoms with Crippen LogP contribution in [0.5, 0.6) is 0 Å². The second-order valence-electron chi connectivity index (χ2n) is 19.9. The third kappa shape index (κ3) is 16.8. The van der Waals surface area contributed by atoms with Crippen LogP contribution >= 0.6 is 0 Å². The molecular weight excluding hydrogens is 893 g/mol. The smallest absolute Gasteiger partial charge is 0.332 e. The number of hydrogen-bond donors (Lipinski definition) is 2. The molecule has 10 heteroatoms. The van der Waals surface area contributed by atoms with Crippen molar-refractivity contribution in [1.82, 2.24) is 0 Å². The van der Waals surface area contributed by atoms with Crippen molar-refractivity contribution >= 4 is 24.7 Å². The first-order chi connectivity index (χ1) is 34.2. The van der Waals surface area contributed by atoms with Crippen molar-refractivity contribution in [3.8, 4) is 0 Å². The molecule has 5 aromatic rings. The fourth-order valence-electron chi connectivity index (χ4n) is 9.78. The van der Waals surface area contributed by atoms with Gasteiger partial charge in [0.05, 0.1) is 26.4 Å². The number of ether oxygens (including phenoxy) is 5. The molecule has 0 aliphatic carbocycles. The van der Waals surface area contributed by atoms with Crippen molar-refractivity contribution in [3.63, 3.8) is 0 Å². The van der Waals surface area contributed by atoms with Gasteiger partial charge in [0.25, 0.3) is 8.32 Å². The Balaban J connectivity index is 0.918. The molecule has 0 unspecified atom stereocenters. The van der Waals surface area contributed by atoms with Gasteiger partial charge in [0.15, 0.2) is 12.4 Å². The van der Waals surface area contributed by atoms with Crippen LogP contribution in [-0.2, 0) is 52.7 Å². The standard InChI is InChI=1S/C60H80O9Si/c1-60(2,3)70(51-38-26-18-27-39-51,52-40-28-19-29-41-52)67-43-31-14-12-10-8-6-4-5-7-9-11-13-30-42-53(58(62)63)68-59-57(66-47-50-36-24-17-25-37-50)56(65-46-49-34-22-16-23-35-49)55(54(44-61)69-59)64-45-48-32-20-15-21-33-48/h15-29,32-41,53-57,59,61H,4-14,30-31,42-47H2,1-3H3,(H,62,63)/t53-,54-,55-,56+,57-,59-/m1/s1. The first-order valence-corrected chi connectivity index (χ1v) is 28.0. The van der Waals surface area contributed by atoms with E-state index >= 15 is 0 Å². The fraction of sp³-hybridized carbons (Fsp3) is 0.483. The van der Waals surface area contributed by atoms with Crippen LogP contribution < -0.4 is 10.4 Å². The van der Waals surface area contributed by atoms with E-state index in [1.165, 1.54) is 61.7 Å². The Hall–Kier alpha value is -4.49. The average molecular weight is 973 g/mol. The molecule has 1 fully saturated rings. The lowest BCUT2D eigenvalue weighted by molar-refractivity contribution is -0.333. The molecule has 0 saturated carbocycles. The Morgan fingerprint density at radius 2 is 0.900 bits per heavy atom. The molecule has 0 aromatic heterocycles. The highest BCUT2D eigenvalue weighted by Crippen LogP contribution is 2.37. The van der Waals surface area contributed by atoms with Crippen molar-refractivity contribution in [3.05, 3.63) is 168 Å². The van der Waals surface area contributed by atoms with Crippen molar-refractivity contribution in [1.29, 1.82) is 0 Å². The van der Waals surface area contributed by atoms with Gasteiger partial charge in [-0.1, -0.05) is 249 Å². The third-order valence-corrected chi connectivity index (χ3v) is 18.6. The number of carbonyl (C=O) groups is 1. The van der Waals surface area contributed by atoms with Crippen LogP contribution in [0.15, 0.2) is 152 Å². The van der Waals surface area contributed by atoms with Crippen LogP contribution in [-0.4, -0.2) is 74.5 Å². The number of carboxylic acids is 1. The van der Waals surface area contributed by atoms with E-state index in [1.807, 2.05) is 91.0 Å². The lowest BCUT2D eigenvalue weighted by atomic mass is 9.97. The highest BCUT2D eigenvalue weighted by atomic mass is 28.4. The van der Waals surface area contributed by atoms with E-state index in [-0.39, 0.29) is 31.5 Å². The molecule has 0 bridgehead atoms. The van der Waals surface area contributed by atoms with Gasteiger partial charge in [-0.25, -0.2) is 4.79 Å². The van der Waals surface area contributed by atoms with E-state index in [9.17, 15) is 15.0 Å². The molecule has 6 atom stereocenters. The summed E-state index contributed by atoms with van der Waals surface area (Å²) in [5.41, 5.74) is 2.85. The maximum absolute atomic E-state index is 12.7. The Morgan fingerprint density at radius 3 is 1.30 bits per heavy atom. The molecule has 378 valence electrons. The zero-order valence-electron chi connectivity index (χ0n) is 42.1. The van der Waals surface area contributed by atoms with E-state index in [4.69, 9.17) is 28.1 Å². The first kappa shape index (κ1) is 54.8. The zero-order chi connectivity index (χ0) is 49.3. The van der Waals surface area contributed by atoms with E-state index in [2.05, 4.69) is 81.4 Å². The topological polar surface area (TPSA) is 113 Å². The van der Waals surface area contributed by atoms with E-state index < -0.39 is 51.1 Å². The number of benzene rings is 5. The largest absolute Gasteiger partial charge is 0.479 e. The number of carboxylic acid groups (broad SMARTS) is 1. The summed E-state index contributed by atoms with van der Waals surface area (Å²) >= 11 is 0. The van der Waals surface area contributed by atoms with Crippen molar-refractivity contribution in [2.45, 2.75) is 172 Å². The lowest BCUT2D eigenvalue weighted by Crippen LogP contribution is -2.66. The van der Waals surface area contributed by atoms with Gasteiger partial charge in [-0.2, -0.15) is 0 Å². The van der Waals surface area contributed by atoms with Gasteiger partial charge in [0.2, 0.25) is 0 Å². The SMILES string of the molecule is CC(C)(C)[Si](OCCCCCCCCCCCCCCC[C@@H](O[C@@H]1O[C@H](CO)[C@@H](OCc2ccccc2)[C@H](OCc2ccccc2)[C@H]1OCc1ccccc1)C(=O)O)(c1ccccc1)c1ccccc1. The summed E-state index contributed by atoms with van der Waals surface area (Å²) in [7, 11) is -2.47. The summed E-state index contributed by atoms with van der Waals surface area (Å²) in [6.45, 7) is 8.15. The minimum atomic E-state index is -2.47. The van der Waals surface area contributed by atoms with Crippen LogP contribution in [0.3, 0.4) is 0 Å². The predicted molar refractivity (Wildman–Crippen MR) is 282 cm³/mol. The summed E-state index contributed by atoms with van der Waals surface area (Å²) in [4.78, 5) is 12.7. The molecule has 1 heterocycles. The second-order valence-corrected chi connectivity index (χ2v) is 24.2. The summed E-state index contributed by atoms with van der Waals surface area (Å²) in [5.74, 6) is -1.06. The molecule has 70 heavy (non-hydrogen) atoms. The average Bonchev–Trinajstić information content (AvgIpc) is 3.38. The summed E-state index contributed by atoms with van der Waals surface area (Å²) in [6, 6.07) is 51.2. The molecule has 1 saturated heterocycles. The van der Waals surface area contributed by atoms with E-state index in [1.54, 1.807) is 0 Å². The van der Waals surface area contributed by atoms with E-state index in [0.29, 0.717) is 12.8 Å². The number of hydrogen-bond acceptors (Lipinski definition) is 8. The maximum Gasteiger partial charge on any atom is 0.332 e. The quantitative estimate of drug-likeness (QED) is 0.0321. The Bertz CT molecular complexity index is 2100. The van der Waals surface area contributed by atoms with Crippen LogP contribution in [0.25, 0.3) is 0 Å². The Kier molecular flexibility index (Phi) is 23.3. The van der Waals surface area contributed by atoms with Gasteiger partial charge < -0.3 is 38.3 Å². The van der Waals surface area contributed by atoms with Crippen LogP contribution in [0, 0.1) is 0 Å². The molecule has 1 aliphatic heterocycles. The summed E-state index contributed by atoms with van der Waals surface area (Å²) in [5, 5.41) is 23.8. The molecule has 2 N–H and O–H groups in total. The monoisotopic (exact) mass is 973 g/mol. The van der Waals surface area contributed by atoms with Crippen LogP contribution in [0.2, 0.25) is 5.04 Å². The third-order valence-electron chi connectivity index (χ3n) is 13.5. The minimum absolute atomic E-state index is 0.00353. The summed E-state index contributed by atoms with van der Waals surface area (Å²) < 4.78 is 39.6. The minimum Gasteiger partial charge on any atom is -0.479 e. The van der Waals surface area contributed by atoms with Gasteiger partial charge in [-0.3, -0.25) is 0 Å². The predicted octanol–water partition coefficient (Wildman–Crippen LogP) is 12.0. The first-order valence-electron chi connectivity index (χ1n) is 26.1. The molecule has 0 radical (unpaired) electrons. The highest BCUT2D eigenvalue weighted by molar-refractivity contribution is 6.99. The zero-order valence-corrected chi connectivity index (χ0v) is 43.1. The number of aliphatic hydroxyl groups excluding tert-OH is 1. The number of aliphatic hydroxyl groups is 1. The number of unbranched alkanes of at least 4 members (excludes halogenated alkanes) is 12. The normalized spacial score (nSPS) is 18.9. The number of rotatable bonds is 32. The van der Waals surface area contributed by atoms with Gasteiger partial charge in [-0.05, 0) is 44.9 Å². The molecule has 0 spiro atoms. The Labute approximate surface area is 420 Å². The van der Waals surface area contributed by atoms with Crippen LogP contribution in [0.4, 0.5) is 0 Å². The molecule has 0 amide bonds. The lowest BCUT2D eigenvalue weighted by Gasteiger charge is -2.46. The summed E-state index contributed by atoms with van der Waals surface area (Å²) in [6.07, 6.45) is 9.67. The van der Waals surface area contributed by atoms with Crippen molar-refractivity contribution in [2.24, 2.45) is 0 Å².